The summed E-state index contributed by atoms with van der Waals surface area (Å²) < 4.78 is 1.36. The van der Waals surface area contributed by atoms with Crippen molar-refractivity contribution in [2.24, 2.45) is 0 Å². The number of carbonyl (C=O) groups excluding carboxylic acids is 1. The Morgan fingerprint density at radius 3 is 2.53 bits per heavy atom. The van der Waals surface area contributed by atoms with Crippen LogP contribution in [-0.2, 0) is 6.54 Å². The van der Waals surface area contributed by atoms with Crippen molar-refractivity contribution in [1.82, 2.24) is 9.55 Å². The number of Topliss-reactive ketones (excluding diaryl/α,β-unsaturated/α-hetero) is 1. The van der Waals surface area contributed by atoms with Crippen LogP contribution in [0.1, 0.15) is 21.7 Å². The number of nitrogens with zero attached hydrogens (tertiary/aromatic N) is 4. The first-order chi connectivity index (χ1) is 9.15. The van der Waals surface area contributed by atoms with Gasteiger partial charge in [0.25, 0.3) is 0 Å². The highest BCUT2D eigenvalue weighted by atomic mass is 35.5. The fourth-order valence-corrected chi connectivity index (χ4v) is 1.71. The lowest BCUT2D eigenvalue weighted by molar-refractivity contribution is 0.0972. The van der Waals surface area contributed by atoms with Crippen molar-refractivity contribution >= 4 is 17.4 Å². The molecule has 1 heterocycles. The zero-order valence-corrected chi connectivity index (χ0v) is 10.4. The molecule has 5 nitrogen and oxygen atoms in total. The monoisotopic (exact) mass is 270 g/mol. The number of imidazole rings is 1. The van der Waals surface area contributed by atoms with E-state index in [2.05, 4.69) is 4.98 Å². The number of aromatic nitrogens is 2. The predicted molar refractivity (Wildman–Crippen MR) is 67.4 cm³/mol. The van der Waals surface area contributed by atoms with Crippen molar-refractivity contribution in [1.29, 1.82) is 10.5 Å². The SMILES string of the molecule is N#Cc1ncn(CC(=O)c2ccc(Cl)cc2)c1C#N. The van der Waals surface area contributed by atoms with E-state index < -0.39 is 0 Å². The number of nitriles is 2. The predicted octanol–water partition coefficient (Wildman–Crippen LogP) is 2.16. The number of hydrogen-bond acceptors (Lipinski definition) is 4. The summed E-state index contributed by atoms with van der Waals surface area (Å²) in [5.41, 5.74) is 0.594. The summed E-state index contributed by atoms with van der Waals surface area (Å²) in [4.78, 5) is 15.8. The molecule has 2 aromatic rings. The molecule has 0 unspecified atom stereocenters. The van der Waals surface area contributed by atoms with E-state index >= 15 is 0 Å². The van der Waals surface area contributed by atoms with Gasteiger partial charge in [0.05, 0.1) is 12.9 Å². The summed E-state index contributed by atoms with van der Waals surface area (Å²) in [5.74, 6) is -0.185. The van der Waals surface area contributed by atoms with Crippen LogP contribution >= 0.6 is 11.6 Å². The van der Waals surface area contributed by atoms with E-state index in [1.165, 1.54) is 10.9 Å². The molecular formula is C13H7ClN4O. The van der Waals surface area contributed by atoms with Crippen LogP contribution in [0.2, 0.25) is 5.02 Å². The highest BCUT2D eigenvalue weighted by Crippen LogP contribution is 2.12. The molecule has 0 amide bonds. The van der Waals surface area contributed by atoms with Crippen LogP contribution < -0.4 is 0 Å². The molecule has 0 aliphatic heterocycles. The number of hydrogen-bond donors (Lipinski definition) is 0. The fourth-order valence-electron chi connectivity index (χ4n) is 1.58. The minimum Gasteiger partial charge on any atom is -0.313 e. The number of ketones is 1. The Hall–Kier alpha value is -2.63. The summed E-state index contributed by atoms with van der Waals surface area (Å²) in [7, 11) is 0. The maximum absolute atomic E-state index is 12.0. The molecule has 0 aliphatic rings. The van der Waals surface area contributed by atoms with Crippen LogP contribution in [0.4, 0.5) is 0 Å². The molecule has 0 saturated carbocycles. The smallest absolute Gasteiger partial charge is 0.182 e. The number of halogens is 1. The maximum atomic E-state index is 12.0. The van der Waals surface area contributed by atoms with Crippen LogP contribution in [0.5, 0.6) is 0 Å². The fraction of sp³-hybridized carbons (Fsp3) is 0.0769. The first-order valence-electron chi connectivity index (χ1n) is 5.30. The highest BCUT2D eigenvalue weighted by molar-refractivity contribution is 6.30. The summed E-state index contributed by atoms with van der Waals surface area (Å²) in [5, 5.41) is 18.3. The molecule has 19 heavy (non-hydrogen) atoms. The molecule has 6 heteroatoms. The molecule has 0 spiro atoms. The van der Waals surface area contributed by atoms with E-state index in [9.17, 15) is 4.79 Å². The summed E-state index contributed by atoms with van der Waals surface area (Å²) >= 11 is 5.74. The third-order valence-corrected chi connectivity index (χ3v) is 2.78. The number of carbonyl (C=O) groups is 1. The van der Waals surface area contributed by atoms with Crippen molar-refractivity contribution in [3.05, 3.63) is 52.6 Å². The van der Waals surface area contributed by atoms with Crippen molar-refractivity contribution in [3.63, 3.8) is 0 Å². The number of benzene rings is 1. The second-order valence-electron chi connectivity index (χ2n) is 3.72. The molecule has 1 aromatic heterocycles. The Balaban J connectivity index is 2.25. The molecule has 1 aromatic carbocycles. The van der Waals surface area contributed by atoms with Gasteiger partial charge >= 0.3 is 0 Å². The second-order valence-corrected chi connectivity index (χ2v) is 4.16. The molecule has 92 valence electrons. The largest absolute Gasteiger partial charge is 0.313 e. The van der Waals surface area contributed by atoms with E-state index in [4.69, 9.17) is 22.1 Å². The lowest BCUT2D eigenvalue weighted by atomic mass is 10.1. The molecule has 0 bridgehead atoms. The van der Waals surface area contributed by atoms with E-state index in [1.54, 1.807) is 30.3 Å². The third-order valence-electron chi connectivity index (χ3n) is 2.53. The van der Waals surface area contributed by atoms with Gasteiger partial charge in [-0.25, -0.2) is 4.98 Å². The van der Waals surface area contributed by atoms with Crippen LogP contribution in [-0.4, -0.2) is 15.3 Å². The van der Waals surface area contributed by atoms with Gasteiger partial charge in [0, 0.05) is 10.6 Å². The minimum atomic E-state index is -0.185. The molecule has 0 fully saturated rings. The van der Waals surface area contributed by atoms with Gasteiger partial charge in [-0.15, -0.1) is 0 Å². The highest BCUT2D eigenvalue weighted by Gasteiger charge is 2.13. The average molecular weight is 271 g/mol. The molecular weight excluding hydrogens is 264 g/mol. The Bertz CT molecular complexity index is 704. The normalized spacial score (nSPS) is 9.63. The van der Waals surface area contributed by atoms with E-state index in [0.29, 0.717) is 10.6 Å². The van der Waals surface area contributed by atoms with Crippen LogP contribution in [0, 0.1) is 22.7 Å². The van der Waals surface area contributed by atoms with Gasteiger partial charge in [0.2, 0.25) is 0 Å². The lowest BCUT2D eigenvalue weighted by Crippen LogP contribution is -2.11. The Kier molecular flexibility index (Phi) is 3.61. The first kappa shape index (κ1) is 12.8. The van der Waals surface area contributed by atoms with Crippen LogP contribution in [0.3, 0.4) is 0 Å². The topological polar surface area (TPSA) is 82.5 Å². The van der Waals surface area contributed by atoms with Crippen molar-refractivity contribution in [3.8, 4) is 12.1 Å². The van der Waals surface area contributed by atoms with Gasteiger partial charge in [-0.05, 0) is 24.3 Å². The second kappa shape index (κ2) is 5.34. The average Bonchev–Trinajstić information content (AvgIpc) is 2.81. The molecule has 0 radical (unpaired) electrons. The lowest BCUT2D eigenvalue weighted by Gasteiger charge is -2.03. The van der Waals surface area contributed by atoms with E-state index in [1.807, 2.05) is 6.07 Å². The summed E-state index contributed by atoms with van der Waals surface area (Å²) in [6, 6.07) is 10.1. The zero-order valence-electron chi connectivity index (χ0n) is 9.67. The molecule has 0 N–H and O–H groups in total. The Morgan fingerprint density at radius 2 is 1.95 bits per heavy atom. The van der Waals surface area contributed by atoms with E-state index in [0.717, 1.165) is 0 Å². The van der Waals surface area contributed by atoms with Crippen molar-refractivity contribution in [2.75, 3.05) is 0 Å². The van der Waals surface area contributed by atoms with E-state index in [-0.39, 0.29) is 23.7 Å². The molecule has 2 rings (SSSR count). The Morgan fingerprint density at radius 1 is 1.26 bits per heavy atom. The molecule has 0 aliphatic carbocycles. The van der Waals surface area contributed by atoms with Gasteiger partial charge in [-0.3, -0.25) is 4.79 Å². The standard InChI is InChI=1S/C13H7ClN4O/c14-10-3-1-9(2-4-10)13(19)7-18-8-17-11(5-15)12(18)6-16/h1-4,8H,7H2. The summed E-state index contributed by atoms with van der Waals surface area (Å²) in [6.07, 6.45) is 1.31. The zero-order chi connectivity index (χ0) is 13.8. The van der Waals surface area contributed by atoms with Gasteiger partial charge in [-0.1, -0.05) is 11.6 Å². The molecule has 0 atom stereocenters. The first-order valence-corrected chi connectivity index (χ1v) is 5.67. The third kappa shape index (κ3) is 2.62. The number of rotatable bonds is 3. The van der Waals surface area contributed by atoms with Gasteiger partial charge in [0.1, 0.15) is 12.1 Å². The van der Waals surface area contributed by atoms with Crippen LogP contribution in [0.15, 0.2) is 30.6 Å². The van der Waals surface area contributed by atoms with Crippen molar-refractivity contribution < 1.29 is 4.79 Å². The Labute approximate surface area is 114 Å². The van der Waals surface area contributed by atoms with Crippen molar-refractivity contribution in [2.45, 2.75) is 6.54 Å². The van der Waals surface area contributed by atoms with Gasteiger partial charge in [0.15, 0.2) is 17.2 Å². The van der Waals surface area contributed by atoms with Gasteiger partial charge < -0.3 is 4.57 Å². The maximum Gasteiger partial charge on any atom is 0.182 e. The molecule has 0 saturated heterocycles. The van der Waals surface area contributed by atoms with Crippen LogP contribution in [0.25, 0.3) is 0 Å². The minimum absolute atomic E-state index is 0.0198. The van der Waals surface area contributed by atoms with Gasteiger partial charge in [-0.2, -0.15) is 10.5 Å². The quantitative estimate of drug-likeness (QED) is 0.800. The summed E-state index contributed by atoms with van der Waals surface area (Å²) in [6.45, 7) is -0.0425.